The highest BCUT2D eigenvalue weighted by atomic mass is 32.1. The zero-order valence-electron chi connectivity index (χ0n) is 20.9. The first-order chi connectivity index (χ1) is 18.1. The van der Waals surface area contributed by atoms with Gasteiger partial charge in [-0.15, -0.1) is 0 Å². The molecule has 6 rings (SSSR count). The summed E-state index contributed by atoms with van der Waals surface area (Å²) in [5.74, 6) is 2.11. The average Bonchev–Trinajstić information content (AvgIpc) is 3.25. The SMILES string of the molecule is COc1ccc(OC)c(/C=c2/sc3n(c2=O)[C@H](c2ccccc2OC)C2=C(N=3)c3ccccc3CC2)c1. The molecule has 186 valence electrons. The van der Waals surface area contributed by atoms with Gasteiger partial charge in [0.2, 0.25) is 0 Å². The van der Waals surface area contributed by atoms with Gasteiger partial charge >= 0.3 is 0 Å². The van der Waals surface area contributed by atoms with E-state index in [2.05, 4.69) is 18.2 Å². The van der Waals surface area contributed by atoms with E-state index in [1.807, 2.05) is 59.2 Å². The van der Waals surface area contributed by atoms with Crippen LogP contribution < -0.4 is 29.1 Å². The number of hydrogen-bond donors (Lipinski definition) is 0. The molecule has 1 atom stereocenters. The lowest BCUT2D eigenvalue weighted by Crippen LogP contribution is -2.39. The molecule has 0 radical (unpaired) electrons. The predicted molar refractivity (Wildman–Crippen MR) is 145 cm³/mol. The molecule has 2 aliphatic rings. The summed E-state index contributed by atoms with van der Waals surface area (Å²) in [7, 11) is 4.91. The largest absolute Gasteiger partial charge is 0.497 e. The summed E-state index contributed by atoms with van der Waals surface area (Å²) in [5, 5.41) is 0. The van der Waals surface area contributed by atoms with Crippen LogP contribution in [0.1, 0.15) is 34.7 Å². The van der Waals surface area contributed by atoms with E-state index in [0.717, 1.165) is 46.6 Å². The second kappa shape index (κ2) is 9.41. The third-order valence-corrected chi connectivity index (χ3v) is 8.01. The number of allylic oxidation sites excluding steroid dienone is 1. The molecule has 6 nitrogen and oxygen atoms in total. The lowest BCUT2D eigenvalue weighted by molar-refractivity contribution is 0.402. The lowest BCUT2D eigenvalue weighted by atomic mass is 9.83. The molecule has 0 spiro atoms. The molecule has 3 aromatic carbocycles. The number of rotatable bonds is 5. The van der Waals surface area contributed by atoms with Gasteiger partial charge in [0, 0.05) is 16.7 Å². The van der Waals surface area contributed by atoms with Crippen LogP contribution in [0.4, 0.5) is 0 Å². The van der Waals surface area contributed by atoms with Crippen molar-refractivity contribution in [3.05, 3.63) is 114 Å². The van der Waals surface area contributed by atoms with Gasteiger partial charge in [0.05, 0.1) is 37.6 Å². The van der Waals surface area contributed by atoms with Crippen LogP contribution in [0, 0.1) is 0 Å². The molecule has 0 saturated carbocycles. The van der Waals surface area contributed by atoms with E-state index in [4.69, 9.17) is 19.2 Å². The Hall–Kier alpha value is -4.10. The molecule has 4 aromatic rings. The molecular weight excluding hydrogens is 484 g/mol. The van der Waals surface area contributed by atoms with Crippen LogP contribution in [0.2, 0.25) is 0 Å². The summed E-state index contributed by atoms with van der Waals surface area (Å²) in [6.07, 6.45) is 3.59. The molecule has 1 aliphatic carbocycles. The van der Waals surface area contributed by atoms with Crippen molar-refractivity contribution in [3.8, 4) is 17.2 Å². The molecule has 1 aliphatic heterocycles. The summed E-state index contributed by atoms with van der Waals surface area (Å²) in [6, 6.07) is 21.6. The van der Waals surface area contributed by atoms with Gasteiger partial charge in [-0.1, -0.05) is 53.8 Å². The Kier molecular flexibility index (Phi) is 5.93. The van der Waals surface area contributed by atoms with Crippen molar-refractivity contribution >= 4 is 23.1 Å². The van der Waals surface area contributed by atoms with Crippen LogP contribution in [0.15, 0.2) is 82.1 Å². The molecule has 37 heavy (non-hydrogen) atoms. The Morgan fingerprint density at radius 3 is 2.51 bits per heavy atom. The Morgan fingerprint density at radius 2 is 1.70 bits per heavy atom. The molecule has 0 unspecified atom stereocenters. The van der Waals surface area contributed by atoms with Crippen LogP contribution in [-0.4, -0.2) is 25.9 Å². The number of fused-ring (bicyclic) bond motifs is 3. The quantitative estimate of drug-likeness (QED) is 0.401. The molecular formula is C30H26N2O4S. The molecule has 7 heteroatoms. The van der Waals surface area contributed by atoms with Gasteiger partial charge in [0.15, 0.2) is 4.80 Å². The number of nitrogens with zero attached hydrogens (tertiary/aromatic N) is 2. The van der Waals surface area contributed by atoms with E-state index in [1.54, 1.807) is 21.3 Å². The number of aryl methyl sites for hydroxylation is 1. The highest BCUT2D eigenvalue weighted by Crippen LogP contribution is 2.43. The minimum absolute atomic E-state index is 0.0880. The van der Waals surface area contributed by atoms with Crippen molar-refractivity contribution in [2.45, 2.75) is 18.9 Å². The zero-order chi connectivity index (χ0) is 25.5. The predicted octanol–water partition coefficient (Wildman–Crippen LogP) is 4.34. The van der Waals surface area contributed by atoms with Crippen molar-refractivity contribution in [2.24, 2.45) is 4.99 Å². The fourth-order valence-electron chi connectivity index (χ4n) is 5.28. The van der Waals surface area contributed by atoms with E-state index < -0.39 is 0 Å². The van der Waals surface area contributed by atoms with Crippen molar-refractivity contribution in [2.75, 3.05) is 21.3 Å². The van der Waals surface area contributed by atoms with E-state index in [0.29, 0.717) is 20.8 Å². The standard InChI is InChI=1S/C30H26N2O4S/c1-34-20-13-15-24(35-2)19(16-20)17-26-29(33)32-28(22-10-6-7-11-25(22)36-3)23-14-12-18-8-4-5-9-21(18)27(23)31-30(32)37-26/h4-11,13,15-17,28H,12,14H2,1-3H3/b26-17+/t28-/m1/s1. The summed E-state index contributed by atoms with van der Waals surface area (Å²) in [5.41, 5.74) is 6.16. The third-order valence-electron chi connectivity index (χ3n) is 7.03. The molecule has 1 aromatic heterocycles. The molecule has 0 amide bonds. The number of ether oxygens (including phenoxy) is 3. The minimum atomic E-state index is -0.301. The first-order valence-corrected chi connectivity index (χ1v) is 12.9. The van der Waals surface area contributed by atoms with Gasteiger partial charge in [0.25, 0.3) is 5.56 Å². The third kappa shape index (κ3) is 3.86. The van der Waals surface area contributed by atoms with E-state index in [9.17, 15) is 4.79 Å². The van der Waals surface area contributed by atoms with Crippen molar-refractivity contribution in [3.63, 3.8) is 0 Å². The first kappa shape index (κ1) is 23.3. The number of aromatic nitrogens is 1. The normalized spacial score (nSPS) is 16.4. The van der Waals surface area contributed by atoms with Crippen LogP contribution in [0.25, 0.3) is 11.8 Å². The molecule has 0 bridgehead atoms. The maximum absolute atomic E-state index is 14.0. The van der Waals surface area contributed by atoms with Gasteiger partial charge in [-0.25, -0.2) is 4.99 Å². The summed E-state index contributed by atoms with van der Waals surface area (Å²) < 4.78 is 19.1. The molecule has 0 N–H and O–H groups in total. The van der Waals surface area contributed by atoms with Crippen molar-refractivity contribution in [1.29, 1.82) is 0 Å². The number of para-hydroxylation sites is 1. The highest BCUT2D eigenvalue weighted by Gasteiger charge is 2.34. The fraction of sp³-hybridized carbons (Fsp3) is 0.200. The van der Waals surface area contributed by atoms with E-state index in [-0.39, 0.29) is 11.6 Å². The lowest BCUT2D eigenvalue weighted by Gasteiger charge is -2.31. The van der Waals surface area contributed by atoms with Gasteiger partial charge in [0.1, 0.15) is 17.2 Å². The van der Waals surface area contributed by atoms with Crippen molar-refractivity contribution < 1.29 is 14.2 Å². The summed E-state index contributed by atoms with van der Waals surface area (Å²) in [6.45, 7) is 0. The smallest absolute Gasteiger partial charge is 0.271 e. The first-order valence-electron chi connectivity index (χ1n) is 12.1. The Balaban J connectivity index is 1.64. The van der Waals surface area contributed by atoms with Crippen molar-refractivity contribution in [1.82, 2.24) is 4.57 Å². The summed E-state index contributed by atoms with van der Waals surface area (Å²) in [4.78, 5) is 19.8. The maximum Gasteiger partial charge on any atom is 0.271 e. The topological polar surface area (TPSA) is 62.0 Å². The Bertz CT molecular complexity index is 1730. The van der Waals surface area contributed by atoms with Crippen LogP contribution in [0.5, 0.6) is 17.2 Å². The Labute approximate surface area is 218 Å². The highest BCUT2D eigenvalue weighted by molar-refractivity contribution is 7.07. The van der Waals surface area contributed by atoms with Gasteiger partial charge in [-0.05, 0) is 54.3 Å². The second-order valence-electron chi connectivity index (χ2n) is 8.96. The zero-order valence-corrected chi connectivity index (χ0v) is 21.7. The monoisotopic (exact) mass is 510 g/mol. The number of thiazole rings is 1. The van der Waals surface area contributed by atoms with Crippen LogP contribution >= 0.6 is 11.3 Å². The molecule has 0 fully saturated rings. The molecule has 0 saturated heterocycles. The van der Waals surface area contributed by atoms with Gasteiger partial charge in [-0.2, -0.15) is 0 Å². The number of methoxy groups -OCH3 is 3. The van der Waals surface area contributed by atoms with Crippen LogP contribution in [-0.2, 0) is 6.42 Å². The van der Waals surface area contributed by atoms with E-state index >= 15 is 0 Å². The van der Waals surface area contributed by atoms with Gasteiger partial charge < -0.3 is 14.2 Å². The summed E-state index contributed by atoms with van der Waals surface area (Å²) >= 11 is 1.39. The number of benzene rings is 3. The average molecular weight is 511 g/mol. The number of hydrogen-bond acceptors (Lipinski definition) is 6. The second-order valence-corrected chi connectivity index (χ2v) is 9.97. The van der Waals surface area contributed by atoms with E-state index in [1.165, 1.54) is 16.9 Å². The van der Waals surface area contributed by atoms with Crippen LogP contribution in [0.3, 0.4) is 0 Å². The van der Waals surface area contributed by atoms with Gasteiger partial charge in [-0.3, -0.25) is 9.36 Å². The fourth-order valence-corrected chi connectivity index (χ4v) is 6.28. The minimum Gasteiger partial charge on any atom is -0.497 e. The Morgan fingerprint density at radius 1 is 0.919 bits per heavy atom. The molecule has 2 heterocycles. The maximum atomic E-state index is 14.0.